The lowest BCUT2D eigenvalue weighted by Crippen LogP contribution is -2.14. The second kappa shape index (κ2) is 9.51. The minimum atomic E-state index is 0.596. The minimum Gasteiger partial charge on any atom is -0.452 e. The maximum Gasteiger partial charge on any atom is 0.236 e. The molecule has 0 fully saturated rings. The Morgan fingerprint density at radius 2 is 1.28 bits per heavy atom. The van der Waals surface area contributed by atoms with Crippen molar-refractivity contribution in [2.45, 2.75) is 0 Å². The Balaban J connectivity index is 1.43. The van der Waals surface area contributed by atoms with Gasteiger partial charge < -0.3 is 4.42 Å². The van der Waals surface area contributed by atoms with E-state index in [2.05, 4.69) is 102 Å². The number of thiophene rings is 1. The molecule has 0 aliphatic heterocycles. The summed E-state index contributed by atoms with van der Waals surface area (Å²) in [6, 6.07) is 48.3. The van der Waals surface area contributed by atoms with Crippen LogP contribution in [0.25, 0.3) is 64.3 Å². The van der Waals surface area contributed by atoms with Crippen molar-refractivity contribution in [1.29, 1.82) is 0 Å². The summed E-state index contributed by atoms with van der Waals surface area (Å²) in [4.78, 5) is 12.8. The minimum absolute atomic E-state index is 0.596. The second-order valence-corrected chi connectivity index (χ2v) is 11.7. The monoisotopic (exact) mass is 569 g/mol. The van der Waals surface area contributed by atoms with Gasteiger partial charge in [0.15, 0.2) is 5.58 Å². The summed E-state index contributed by atoms with van der Waals surface area (Å²) in [6.45, 7) is 0. The Kier molecular flexibility index (Phi) is 5.33. The molecule has 0 radical (unpaired) electrons. The number of fused-ring (bicyclic) bond motifs is 8. The zero-order chi connectivity index (χ0) is 28.3. The predicted molar refractivity (Wildman–Crippen MR) is 180 cm³/mol. The molecule has 3 aromatic heterocycles. The van der Waals surface area contributed by atoms with Gasteiger partial charge in [-0.2, -0.15) is 0 Å². The molecular formula is C38H23N3OS. The molecule has 4 nitrogen and oxygen atoms in total. The van der Waals surface area contributed by atoms with Gasteiger partial charge in [-0.05, 0) is 47.2 Å². The molecule has 5 heteroatoms. The maximum atomic E-state index is 6.41. The summed E-state index contributed by atoms with van der Waals surface area (Å²) in [5.74, 6) is 0.596. The zero-order valence-electron chi connectivity index (χ0n) is 22.9. The van der Waals surface area contributed by atoms with Crippen LogP contribution in [0, 0.1) is 0 Å². The number of aromatic nitrogens is 2. The van der Waals surface area contributed by atoms with E-state index in [0.29, 0.717) is 11.5 Å². The fourth-order valence-corrected chi connectivity index (χ4v) is 7.36. The average molecular weight is 570 g/mol. The van der Waals surface area contributed by atoms with Gasteiger partial charge in [0.05, 0.1) is 10.4 Å². The molecule has 9 aromatic rings. The van der Waals surface area contributed by atoms with Gasteiger partial charge in [-0.25, -0.2) is 9.97 Å². The van der Waals surface area contributed by atoms with Crippen LogP contribution in [0.1, 0.15) is 0 Å². The lowest BCUT2D eigenvalue weighted by atomic mass is 10.0. The summed E-state index contributed by atoms with van der Waals surface area (Å²) in [7, 11) is 0. The smallest absolute Gasteiger partial charge is 0.236 e. The van der Waals surface area contributed by atoms with Crippen LogP contribution in [0.3, 0.4) is 0 Å². The maximum absolute atomic E-state index is 6.41. The van der Waals surface area contributed by atoms with Gasteiger partial charge in [-0.15, -0.1) is 11.3 Å². The molecule has 0 saturated carbocycles. The highest BCUT2D eigenvalue weighted by molar-refractivity contribution is 7.26. The molecule has 0 amide bonds. The molecule has 0 aliphatic carbocycles. The van der Waals surface area contributed by atoms with Crippen molar-refractivity contribution in [2.24, 2.45) is 0 Å². The molecule has 0 unspecified atom stereocenters. The number of furan rings is 1. The molecule has 0 N–H and O–H groups in total. The summed E-state index contributed by atoms with van der Waals surface area (Å²) >= 11 is 1.81. The van der Waals surface area contributed by atoms with E-state index in [4.69, 9.17) is 14.4 Å². The first-order valence-corrected chi connectivity index (χ1v) is 15.1. The number of rotatable bonds is 4. The zero-order valence-corrected chi connectivity index (χ0v) is 23.8. The first kappa shape index (κ1) is 24.1. The average Bonchev–Trinajstić information content (AvgIpc) is 3.65. The number of hydrogen-bond donors (Lipinski definition) is 0. The van der Waals surface area contributed by atoms with Crippen LogP contribution in [0.4, 0.5) is 17.3 Å². The van der Waals surface area contributed by atoms with Crippen LogP contribution >= 0.6 is 11.3 Å². The first-order chi connectivity index (χ1) is 21.3. The van der Waals surface area contributed by atoms with Crippen LogP contribution in [0.2, 0.25) is 0 Å². The van der Waals surface area contributed by atoms with Gasteiger partial charge >= 0.3 is 0 Å². The fourth-order valence-electron chi connectivity index (χ4n) is 6.13. The molecule has 0 spiro atoms. The second-order valence-electron chi connectivity index (χ2n) is 10.6. The lowest BCUT2D eigenvalue weighted by Gasteiger charge is -2.25. The predicted octanol–water partition coefficient (Wildman–Crippen LogP) is 11.0. The van der Waals surface area contributed by atoms with E-state index >= 15 is 0 Å². The summed E-state index contributed by atoms with van der Waals surface area (Å²) in [5.41, 5.74) is 6.07. The van der Waals surface area contributed by atoms with Gasteiger partial charge in [0.1, 0.15) is 16.8 Å². The summed E-state index contributed by atoms with van der Waals surface area (Å²) in [5, 5.41) is 5.90. The van der Waals surface area contributed by atoms with Crippen molar-refractivity contribution in [3.05, 3.63) is 140 Å². The standard InChI is InChI=1S/C38H23N3OS/c1-3-13-24(14-4-1)34-36-35(28-19-9-11-21-31(28)42-36)40-38(39-34)41(26-16-5-2-6-17-26)30-23-25-15-7-8-18-27(25)33-29-20-10-12-22-32(29)43-37(30)33/h1-23H. The molecule has 0 bridgehead atoms. The third-order valence-electron chi connectivity index (χ3n) is 8.06. The van der Waals surface area contributed by atoms with Crippen LogP contribution < -0.4 is 4.90 Å². The Morgan fingerprint density at radius 3 is 2.12 bits per heavy atom. The lowest BCUT2D eigenvalue weighted by molar-refractivity contribution is 0.667. The van der Waals surface area contributed by atoms with E-state index in [-0.39, 0.29) is 0 Å². The normalized spacial score (nSPS) is 11.7. The topological polar surface area (TPSA) is 42.2 Å². The van der Waals surface area contributed by atoms with E-state index in [0.717, 1.165) is 39.1 Å². The number of nitrogens with zero attached hydrogens (tertiary/aromatic N) is 3. The van der Waals surface area contributed by atoms with E-state index in [1.54, 1.807) is 0 Å². The van der Waals surface area contributed by atoms with Crippen molar-refractivity contribution in [3.63, 3.8) is 0 Å². The molecule has 0 saturated heterocycles. The number of hydrogen-bond acceptors (Lipinski definition) is 5. The first-order valence-electron chi connectivity index (χ1n) is 14.3. The molecule has 0 atom stereocenters. The quantitative estimate of drug-likeness (QED) is 0.211. The highest BCUT2D eigenvalue weighted by Crippen LogP contribution is 2.48. The van der Waals surface area contributed by atoms with Gasteiger partial charge in [0, 0.05) is 32.1 Å². The van der Waals surface area contributed by atoms with Crippen LogP contribution in [0.15, 0.2) is 144 Å². The van der Waals surface area contributed by atoms with E-state index in [9.17, 15) is 0 Å². The SMILES string of the molecule is c1ccc(-c2nc(N(c3ccccc3)c3cc4ccccc4c4c3sc3ccccc34)nc3c2oc2ccccc23)cc1. The van der Waals surface area contributed by atoms with Gasteiger partial charge in [-0.1, -0.05) is 103 Å². The Labute approximate surface area is 251 Å². The Bertz CT molecular complexity index is 2460. The summed E-state index contributed by atoms with van der Waals surface area (Å²) in [6.07, 6.45) is 0. The molecule has 3 heterocycles. The van der Waals surface area contributed by atoms with Crippen molar-refractivity contribution >= 4 is 81.7 Å². The summed E-state index contributed by atoms with van der Waals surface area (Å²) < 4.78 is 8.87. The largest absolute Gasteiger partial charge is 0.452 e. The Hall–Kier alpha value is -5.52. The van der Waals surface area contributed by atoms with Crippen molar-refractivity contribution in [2.75, 3.05) is 4.90 Å². The number of benzene rings is 6. The number of anilines is 3. The van der Waals surface area contributed by atoms with Crippen molar-refractivity contribution in [3.8, 4) is 11.3 Å². The van der Waals surface area contributed by atoms with Crippen LogP contribution in [0.5, 0.6) is 0 Å². The molecule has 0 aliphatic rings. The van der Waals surface area contributed by atoms with E-state index < -0.39 is 0 Å². The third-order valence-corrected chi connectivity index (χ3v) is 9.25. The van der Waals surface area contributed by atoms with Crippen molar-refractivity contribution < 1.29 is 4.42 Å². The molecule has 6 aromatic carbocycles. The molecular weight excluding hydrogens is 547 g/mol. The Morgan fingerprint density at radius 1 is 0.605 bits per heavy atom. The third kappa shape index (κ3) is 3.75. The van der Waals surface area contributed by atoms with Crippen LogP contribution in [-0.4, -0.2) is 9.97 Å². The van der Waals surface area contributed by atoms with E-state index in [1.807, 2.05) is 53.8 Å². The van der Waals surface area contributed by atoms with Gasteiger partial charge in [0.2, 0.25) is 5.95 Å². The van der Waals surface area contributed by atoms with Gasteiger partial charge in [-0.3, -0.25) is 4.90 Å². The fraction of sp³-hybridized carbons (Fsp3) is 0. The van der Waals surface area contributed by atoms with Crippen LogP contribution in [-0.2, 0) is 0 Å². The number of para-hydroxylation sites is 2. The molecule has 9 rings (SSSR count). The van der Waals surface area contributed by atoms with E-state index in [1.165, 1.54) is 30.9 Å². The molecule has 202 valence electrons. The highest BCUT2D eigenvalue weighted by Gasteiger charge is 2.25. The molecule has 43 heavy (non-hydrogen) atoms. The highest BCUT2D eigenvalue weighted by atomic mass is 32.1. The van der Waals surface area contributed by atoms with Crippen molar-refractivity contribution in [1.82, 2.24) is 9.97 Å². The van der Waals surface area contributed by atoms with Gasteiger partial charge in [0.25, 0.3) is 0 Å².